The number of H-pyrrole nitrogens is 1. The standard InChI is InChI=1S/C19H23F2N5O/c20-19(21)10-13(19)11-24-5-7-25(8-6-24)16-9-17(26(12-27)14-1-2-14)23-18-15(16)3-4-22-18/h3-4,9,12-14H,1-2,5-8,10-11H2,(H,22,23)/t13-/m0/s1. The molecular weight excluding hydrogens is 352 g/mol. The van der Waals surface area contributed by atoms with Gasteiger partial charge >= 0.3 is 0 Å². The van der Waals surface area contributed by atoms with Gasteiger partial charge in [-0.3, -0.25) is 14.6 Å². The summed E-state index contributed by atoms with van der Waals surface area (Å²) >= 11 is 0. The summed E-state index contributed by atoms with van der Waals surface area (Å²) in [5, 5.41) is 1.03. The van der Waals surface area contributed by atoms with E-state index in [1.807, 2.05) is 18.3 Å². The third-order valence-electron chi connectivity index (χ3n) is 5.96. The van der Waals surface area contributed by atoms with Crippen LogP contribution in [0.3, 0.4) is 0 Å². The Morgan fingerprint density at radius 3 is 2.67 bits per heavy atom. The number of hydrogen-bond donors (Lipinski definition) is 1. The molecule has 27 heavy (non-hydrogen) atoms. The summed E-state index contributed by atoms with van der Waals surface area (Å²) in [6, 6.07) is 4.25. The van der Waals surface area contributed by atoms with E-state index in [0.29, 0.717) is 12.4 Å². The van der Waals surface area contributed by atoms with Crippen LogP contribution < -0.4 is 9.80 Å². The number of hydrogen-bond acceptors (Lipinski definition) is 4. The number of carbonyl (C=O) groups is 1. The Labute approximate surface area is 156 Å². The van der Waals surface area contributed by atoms with Crippen molar-refractivity contribution >= 4 is 28.9 Å². The molecule has 1 amide bonds. The predicted molar refractivity (Wildman–Crippen MR) is 99.4 cm³/mol. The maximum Gasteiger partial charge on any atom is 0.252 e. The molecule has 1 saturated heterocycles. The van der Waals surface area contributed by atoms with Crippen LogP contribution in [0.2, 0.25) is 0 Å². The van der Waals surface area contributed by atoms with Crippen molar-refractivity contribution in [3.63, 3.8) is 0 Å². The predicted octanol–water partition coefficient (Wildman–Crippen LogP) is 2.47. The highest BCUT2D eigenvalue weighted by Crippen LogP contribution is 2.49. The number of fused-ring (bicyclic) bond motifs is 1. The fraction of sp³-hybridized carbons (Fsp3) is 0.579. The number of anilines is 2. The summed E-state index contributed by atoms with van der Waals surface area (Å²) in [4.78, 5) is 25.5. The quantitative estimate of drug-likeness (QED) is 0.788. The molecule has 2 aromatic heterocycles. The van der Waals surface area contributed by atoms with Crippen LogP contribution in [0.4, 0.5) is 20.3 Å². The molecule has 1 aliphatic heterocycles. The number of pyridine rings is 1. The molecule has 3 aliphatic rings. The Kier molecular flexibility index (Phi) is 3.86. The molecule has 2 aliphatic carbocycles. The SMILES string of the molecule is O=CN(c1cc(N2CCN(C[C@@H]3CC3(F)F)CC2)c2cc[nH]c2n1)C1CC1. The largest absolute Gasteiger partial charge is 0.368 e. The number of rotatable bonds is 6. The molecular formula is C19H23F2N5O. The fourth-order valence-electron chi connectivity index (χ4n) is 4.03. The molecule has 0 bridgehead atoms. The van der Waals surface area contributed by atoms with Crippen molar-refractivity contribution < 1.29 is 13.6 Å². The number of aromatic nitrogens is 2. The molecule has 6 nitrogen and oxygen atoms in total. The van der Waals surface area contributed by atoms with Gasteiger partial charge in [0.2, 0.25) is 6.41 Å². The van der Waals surface area contributed by atoms with Gasteiger partial charge in [-0.1, -0.05) is 0 Å². The third kappa shape index (κ3) is 3.16. The smallest absolute Gasteiger partial charge is 0.252 e. The maximum absolute atomic E-state index is 13.2. The zero-order valence-corrected chi connectivity index (χ0v) is 15.1. The van der Waals surface area contributed by atoms with E-state index < -0.39 is 11.8 Å². The number of amides is 1. The molecule has 144 valence electrons. The van der Waals surface area contributed by atoms with Gasteiger partial charge in [0.05, 0.1) is 5.69 Å². The second-order valence-electron chi connectivity index (χ2n) is 7.93. The monoisotopic (exact) mass is 375 g/mol. The Bertz CT molecular complexity index is 857. The molecule has 3 heterocycles. The Balaban J connectivity index is 1.35. The second-order valence-corrected chi connectivity index (χ2v) is 7.93. The van der Waals surface area contributed by atoms with Crippen molar-refractivity contribution in [2.45, 2.75) is 31.2 Å². The maximum atomic E-state index is 13.2. The Morgan fingerprint density at radius 2 is 2.04 bits per heavy atom. The molecule has 0 spiro atoms. The first kappa shape index (κ1) is 16.9. The van der Waals surface area contributed by atoms with Crippen LogP contribution in [0, 0.1) is 5.92 Å². The first-order chi connectivity index (χ1) is 13.0. The lowest BCUT2D eigenvalue weighted by molar-refractivity contribution is -0.107. The number of aromatic amines is 1. The average molecular weight is 375 g/mol. The van der Waals surface area contributed by atoms with Crippen LogP contribution in [0.5, 0.6) is 0 Å². The molecule has 2 saturated carbocycles. The van der Waals surface area contributed by atoms with E-state index in [0.717, 1.165) is 62.2 Å². The first-order valence-corrected chi connectivity index (χ1v) is 9.62. The number of halogens is 2. The van der Waals surface area contributed by atoms with Crippen molar-refractivity contribution in [3.05, 3.63) is 18.3 Å². The summed E-state index contributed by atoms with van der Waals surface area (Å²) in [7, 11) is 0. The first-order valence-electron chi connectivity index (χ1n) is 9.62. The normalized spacial score (nSPS) is 25.0. The van der Waals surface area contributed by atoms with E-state index in [1.54, 1.807) is 4.90 Å². The van der Waals surface area contributed by atoms with Gasteiger partial charge in [-0.25, -0.2) is 13.8 Å². The van der Waals surface area contributed by atoms with Crippen molar-refractivity contribution in [1.29, 1.82) is 0 Å². The highest BCUT2D eigenvalue weighted by atomic mass is 19.3. The van der Waals surface area contributed by atoms with E-state index in [2.05, 4.69) is 19.8 Å². The molecule has 3 fully saturated rings. The summed E-state index contributed by atoms with van der Waals surface area (Å²) in [6.07, 6.45) is 4.80. The Morgan fingerprint density at radius 1 is 1.30 bits per heavy atom. The summed E-state index contributed by atoms with van der Waals surface area (Å²) in [6.45, 7) is 3.61. The van der Waals surface area contributed by atoms with Gasteiger partial charge < -0.3 is 9.88 Å². The molecule has 5 rings (SSSR count). The molecule has 0 unspecified atom stereocenters. The van der Waals surface area contributed by atoms with Gasteiger partial charge in [0.15, 0.2) is 0 Å². The zero-order chi connectivity index (χ0) is 18.6. The third-order valence-corrected chi connectivity index (χ3v) is 5.96. The van der Waals surface area contributed by atoms with Crippen molar-refractivity contribution in [1.82, 2.24) is 14.9 Å². The lowest BCUT2D eigenvalue weighted by Crippen LogP contribution is -2.47. The molecule has 2 aromatic rings. The van der Waals surface area contributed by atoms with E-state index in [-0.39, 0.29) is 12.5 Å². The van der Waals surface area contributed by atoms with Crippen LogP contribution in [0.15, 0.2) is 18.3 Å². The fourth-order valence-corrected chi connectivity index (χ4v) is 4.03. The minimum Gasteiger partial charge on any atom is -0.368 e. The molecule has 1 N–H and O–H groups in total. The summed E-state index contributed by atoms with van der Waals surface area (Å²) in [5.74, 6) is -2.24. The van der Waals surface area contributed by atoms with Crippen LogP contribution in [0.1, 0.15) is 19.3 Å². The minimum absolute atomic E-state index is 0.0353. The van der Waals surface area contributed by atoms with Gasteiger partial charge in [-0.15, -0.1) is 0 Å². The van der Waals surface area contributed by atoms with Gasteiger partial charge in [0.1, 0.15) is 11.5 Å². The Hall–Kier alpha value is -2.22. The van der Waals surface area contributed by atoms with Gasteiger partial charge in [-0.2, -0.15) is 0 Å². The lowest BCUT2D eigenvalue weighted by Gasteiger charge is -2.36. The summed E-state index contributed by atoms with van der Waals surface area (Å²) in [5.41, 5.74) is 1.83. The second kappa shape index (κ2) is 6.15. The minimum atomic E-state index is -2.45. The lowest BCUT2D eigenvalue weighted by atomic mass is 10.2. The topological polar surface area (TPSA) is 55.5 Å². The number of nitrogens with zero attached hydrogens (tertiary/aromatic N) is 4. The van der Waals surface area contributed by atoms with E-state index in [9.17, 15) is 13.6 Å². The number of alkyl halides is 2. The van der Waals surface area contributed by atoms with Crippen molar-refractivity contribution in [2.75, 3.05) is 42.5 Å². The highest BCUT2D eigenvalue weighted by molar-refractivity contribution is 5.93. The van der Waals surface area contributed by atoms with E-state index >= 15 is 0 Å². The molecule has 1 atom stereocenters. The number of nitrogens with one attached hydrogen (secondary N) is 1. The number of carbonyl (C=O) groups excluding carboxylic acids is 1. The van der Waals surface area contributed by atoms with Gasteiger partial charge in [0, 0.05) is 68.8 Å². The van der Waals surface area contributed by atoms with E-state index in [4.69, 9.17) is 0 Å². The summed E-state index contributed by atoms with van der Waals surface area (Å²) < 4.78 is 26.4. The molecule has 0 radical (unpaired) electrons. The highest BCUT2D eigenvalue weighted by Gasteiger charge is 2.57. The average Bonchev–Trinajstić information content (AvgIpc) is 3.53. The van der Waals surface area contributed by atoms with Gasteiger partial charge in [0.25, 0.3) is 5.92 Å². The van der Waals surface area contributed by atoms with Crippen molar-refractivity contribution in [3.8, 4) is 0 Å². The zero-order valence-electron chi connectivity index (χ0n) is 15.1. The van der Waals surface area contributed by atoms with Crippen LogP contribution in [0.25, 0.3) is 11.0 Å². The van der Waals surface area contributed by atoms with Gasteiger partial charge in [-0.05, 0) is 18.9 Å². The molecule has 8 heteroatoms. The van der Waals surface area contributed by atoms with Crippen LogP contribution in [-0.2, 0) is 4.79 Å². The van der Waals surface area contributed by atoms with E-state index in [1.165, 1.54) is 0 Å². The van der Waals surface area contributed by atoms with Crippen molar-refractivity contribution in [2.24, 2.45) is 5.92 Å². The van der Waals surface area contributed by atoms with Crippen LogP contribution >= 0.6 is 0 Å². The molecule has 0 aromatic carbocycles. The number of piperazine rings is 1. The van der Waals surface area contributed by atoms with Crippen LogP contribution in [-0.4, -0.2) is 66.0 Å².